The van der Waals surface area contributed by atoms with E-state index >= 15 is 0 Å². The topological polar surface area (TPSA) is 79.0 Å². The molecule has 2 heterocycles. The van der Waals surface area contributed by atoms with E-state index in [1.54, 1.807) is 30.1 Å². The van der Waals surface area contributed by atoms with Crippen molar-refractivity contribution in [3.05, 3.63) is 30.9 Å². The second kappa shape index (κ2) is 6.96. The Kier molecular flexibility index (Phi) is 4.74. The largest absolute Gasteiger partial charge is 0.481 e. The first kappa shape index (κ1) is 17.0. The number of piperidine rings is 1. The number of anilines is 2. The van der Waals surface area contributed by atoms with Gasteiger partial charge in [-0.25, -0.2) is 0 Å². The maximum Gasteiger partial charge on any atom is 0.264 e. The van der Waals surface area contributed by atoms with E-state index in [0.717, 1.165) is 0 Å². The Labute approximate surface area is 146 Å². The number of nitrogens with zero attached hydrogens (tertiary/aromatic N) is 2. The van der Waals surface area contributed by atoms with Crippen molar-refractivity contribution in [2.75, 3.05) is 37.0 Å². The summed E-state index contributed by atoms with van der Waals surface area (Å²) in [6, 6.07) is 5.31. The lowest BCUT2D eigenvalue weighted by Crippen LogP contribution is -2.41. The predicted octanol–water partition coefficient (Wildman–Crippen LogP) is 1.40. The number of carbonyl (C=O) groups excluding carboxylic acids is 3. The molecule has 25 heavy (non-hydrogen) atoms. The van der Waals surface area contributed by atoms with Crippen molar-refractivity contribution in [2.45, 2.75) is 12.8 Å². The van der Waals surface area contributed by atoms with E-state index in [1.807, 2.05) is 0 Å². The number of likely N-dealkylation sites (tertiary alicyclic amines) is 1. The van der Waals surface area contributed by atoms with Crippen LogP contribution in [0.25, 0.3) is 0 Å². The zero-order chi connectivity index (χ0) is 18.0. The summed E-state index contributed by atoms with van der Waals surface area (Å²) in [5, 5.41) is 2.91. The fourth-order valence-corrected chi connectivity index (χ4v) is 3.17. The van der Waals surface area contributed by atoms with Crippen molar-refractivity contribution < 1.29 is 19.1 Å². The van der Waals surface area contributed by atoms with Crippen LogP contribution in [-0.4, -0.2) is 49.4 Å². The number of ether oxygens (including phenoxy) is 1. The van der Waals surface area contributed by atoms with Gasteiger partial charge in [0.05, 0.1) is 5.69 Å². The van der Waals surface area contributed by atoms with Crippen molar-refractivity contribution in [1.82, 2.24) is 4.90 Å². The number of rotatable bonds is 3. The molecule has 3 rings (SSSR count). The molecule has 2 aliphatic rings. The van der Waals surface area contributed by atoms with Crippen LogP contribution in [-0.2, 0) is 14.4 Å². The van der Waals surface area contributed by atoms with Crippen LogP contribution in [0.15, 0.2) is 30.9 Å². The number of nitrogens with one attached hydrogen (secondary N) is 1. The molecule has 0 spiro atoms. The number of likely N-dealkylation sites (N-methyl/N-ethyl adjacent to an activating group) is 1. The summed E-state index contributed by atoms with van der Waals surface area (Å²) in [5.41, 5.74) is 1.13. The molecule has 3 amide bonds. The minimum absolute atomic E-state index is 0.00328. The normalized spacial score (nSPS) is 17.6. The van der Waals surface area contributed by atoms with E-state index in [2.05, 4.69) is 11.9 Å². The lowest BCUT2D eigenvalue weighted by atomic mass is 9.95. The van der Waals surface area contributed by atoms with Crippen LogP contribution in [0.5, 0.6) is 5.75 Å². The number of hydrogen-bond donors (Lipinski definition) is 1. The SMILES string of the molecule is C=CC(=O)N1CCC(C(=O)Nc2cccc3c2N(C)C(=O)CO3)CC1. The van der Waals surface area contributed by atoms with E-state index in [4.69, 9.17) is 4.74 Å². The molecule has 1 fully saturated rings. The highest BCUT2D eigenvalue weighted by Gasteiger charge is 2.29. The summed E-state index contributed by atoms with van der Waals surface area (Å²) >= 11 is 0. The first-order chi connectivity index (χ1) is 12.0. The van der Waals surface area contributed by atoms with Gasteiger partial charge in [0.1, 0.15) is 11.4 Å². The van der Waals surface area contributed by atoms with E-state index in [9.17, 15) is 14.4 Å². The molecule has 7 nitrogen and oxygen atoms in total. The minimum atomic E-state index is -0.171. The number of amides is 3. The maximum absolute atomic E-state index is 12.6. The molecule has 0 bridgehead atoms. The average Bonchev–Trinajstić information content (AvgIpc) is 2.64. The zero-order valence-electron chi connectivity index (χ0n) is 14.2. The Morgan fingerprint density at radius 1 is 1.32 bits per heavy atom. The Balaban J connectivity index is 1.70. The molecule has 132 valence electrons. The molecule has 2 aliphatic heterocycles. The Bertz CT molecular complexity index is 723. The first-order valence-corrected chi connectivity index (χ1v) is 8.26. The van der Waals surface area contributed by atoms with Gasteiger partial charge in [0, 0.05) is 26.1 Å². The van der Waals surface area contributed by atoms with E-state index in [-0.39, 0.29) is 30.2 Å². The zero-order valence-corrected chi connectivity index (χ0v) is 14.2. The molecular weight excluding hydrogens is 322 g/mol. The quantitative estimate of drug-likeness (QED) is 0.842. The van der Waals surface area contributed by atoms with Crippen molar-refractivity contribution in [2.24, 2.45) is 5.92 Å². The Hall–Kier alpha value is -2.83. The van der Waals surface area contributed by atoms with Gasteiger partial charge in [0.25, 0.3) is 5.91 Å². The number of benzene rings is 1. The van der Waals surface area contributed by atoms with Gasteiger partial charge in [-0.15, -0.1) is 0 Å². The molecule has 1 aromatic rings. The van der Waals surface area contributed by atoms with Crippen LogP contribution in [0.1, 0.15) is 12.8 Å². The van der Waals surface area contributed by atoms with Gasteiger partial charge in [0.2, 0.25) is 11.8 Å². The van der Waals surface area contributed by atoms with Crippen molar-refractivity contribution in [3.8, 4) is 5.75 Å². The highest BCUT2D eigenvalue weighted by atomic mass is 16.5. The monoisotopic (exact) mass is 343 g/mol. The molecule has 1 aromatic carbocycles. The van der Waals surface area contributed by atoms with Gasteiger partial charge in [-0.3, -0.25) is 14.4 Å². The summed E-state index contributed by atoms with van der Waals surface area (Å²) < 4.78 is 5.43. The van der Waals surface area contributed by atoms with Crippen LogP contribution in [0, 0.1) is 5.92 Å². The number of carbonyl (C=O) groups is 3. The molecule has 1 N–H and O–H groups in total. The van der Waals surface area contributed by atoms with Gasteiger partial charge < -0.3 is 19.9 Å². The van der Waals surface area contributed by atoms with Crippen molar-refractivity contribution in [3.63, 3.8) is 0 Å². The van der Waals surface area contributed by atoms with Gasteiger partial charge >= 0.3 is 0 Å². The molecule has 0 radical (unpaired) electrons. The molecule has 0 atom stereocenters. The van der Waals surface area contributed by atoms with Gasteiger partial charge in [-0.05, 0) is 31.1 Å². The van der Waals surface area contributed by atoms with Crippen LogP contribution < -0.4 is 15.0 Å². The molecule has 0 aromatic heterocycles. The van der Waals surface area contributed by atoms with E-state index in [0.29, 0.717) is 43.1 Å². The van der Waals surface area contributed by atoms with Crippen LogP contribution in [0.4, 0.5) is 11.4 Å². The fraction of sp³-hybridized carbons (Fsp3) is 0.389. The summed E-state index contributed by atoms with van der Waals surface area (Å²) in [4.78, 5) is 39.3. The maximum atomic E-state index is 12.6. The predicted molar refractivity (Wildman–Crippen MR) is 93.5 cm³/mol. The van der Waals surface area contributed by atoms with Crippen LogP contribution in [0.3, 0.4) is 0 Å². The fourth-order valence-electron chi connectivity index (χ4n) is 3.17. The summed E-state index contributed by atoms with van der Waals surface area (Å²) in [6.07, 6.45) is 2.50. The molecule has 1 saturated heterocycles. The Morgan fingerprint density at radius 3 is 2.72 bits per heavy atom. The van der Waals surface area contributed by atoms with Crippen LogP contribution in [0.2, 0.25) is 0 Å². The first-order valence-electron chi connectivity index (χ1n) is 8.26. The minimum Gasteiger partial charge on any atom is -0.481 e. The number of hydrogen-bond acceptors (Lipinski definition) is 4. The second-order valence-electron chi connectivity index (χ2n) is 6.19. The number of para-hydroxylation sites is 1. The third-order valence-electron chi connectivity index (χ3n) is 4.67. The summed E-state index contributed by atoms with van der Waals surface area (Å²) in [6.45, 7) is 4.56. The van der Waals surface area contributed by atoms with Gasteiger partial charge in [-0.1, -0.05) is 12.6 Å². The highest BCUT2D eigenvalue weighted by molar-refractivity contribution is 6.04. The number of fused-ring (bicyclic) bond motifs is 1. The standard InChI is InChI=1S/C18H21N3O4/c1-3-15(22)21-9-7-12(8-10-21)18(24)19-13-5-4-6-14-17(13)20(2)16(23)11-25-14/h3-6,12H,1,7-11H2,2H3,(H,19,24). The van der Waals surface area contributed by atoms with E-state index < -0.39 is 0 Å². The molecule has 0 unspecified atom stereocenters. The van der Waals surface area contributed by atoms with Gasteiger partial charge in [0.15, 0.2) is 6.61 Å². The van der Waals surface area contributed by atoms with Gasteiger partial charge in [-0.2, -0.15) is 0 Å². The lowest BCUT2D eigenvalue weighted by molar-refractivity contribution is -0.130. The molecular formula is C18H21N3O4. The van der Waals surface area contributed by atoms with E-state index in [1.165, 1.54) is 11.0 Å². The molecule has 7 heteroatoms. The summed E-state index contributed by atoms with van der Waals surface area (Å²) in [7, 11) is 1.67. The highest BCUT2D eigenvalue weighted by Crippen LogP contribution is 2.38. The van der Waals surface area contributed by atoms with Crippen molar-refractivity contribution in [1.29, 1.82) is 0 Å². The Morgan fingerprint density at radius 2 is 2.04 bits per heavy atom. The average molecular weight is 343 g/mol. The second-order valence-corrected chi connectivity index (χ2v) is 6.19. The van der Waals surface area contributed by atoms with Crippen molar-refractivity contribution >= 4 is 29.1 Å². The summed E-state index contributed by atoms with van der Waals surface area (Å²) in [5.74, 6) is 0.0331. The molecule has 0 saturated carbocycles. The van der Waals surface area contributed by atoms with Crippen LogP contribution >= 0.6 is 0 Å². The lowest BCUT2D eigenvalue weighted by Gasteiger charge is -2.31. The third kappa shape index (κ3) is 3.35. The smallest absolute Gasteiger partial charge is 0.264 e. The molecule has 0 aliphatic carbocycles. The third-order valence-corrected chi connectivity index (χ3v) is 4.67.